The van der Waals surface area contributed by atoms with Crippen LogP contribution in [0.3, 0.4) is 0 Å². The summed E-state index contributed by atoms with van der Waals surface area (Å²) in [5.41, 5.74) is 2.96. The number of aryl methyl sites for hydroxylation is 1. The number of pyridine rings is 1. The number of hydrazone groups is 1. The quantitative estimate of drug-likeness (QED) is 0.174. The molecule has 4 rings (SSSR count). The molecule has 14 heteroatoms. The number of benzene rings is 1. The second-order valence-electron chi connectivity index (χ2n) is 8.05. The van der Waals surface area contributed by atoms with Crippen LogP contribution in [-0.4, -0.2) is 88.8 Å². The SMILES string of the molecule is C/C(=N/NC(=O)c1ccc(C(=O)NCc2ccccn2)s1)c1nn(C)c(-c2ccc(C(F)(F)F)cc2)c1O.[KH]. The van der Waals surface area contributed by atoms with E-state index in [-0.39, 0.29) is 91.6 Å². The van der Waals surface area contributed by atoms with Crippen molar-refractivity contribution in [1.29, 1.82) is 0 Å². The summed E-state index contributed by atoms with van der Waals surface area (Å²) in [5, 5.41) is 21.6. The van der Waals surface area contributed by atoms with Gasteiger partial charge < -0.3 is 10.4 Å². The minimum atomic E-state index is -4.48. The first-order chi connectivity index (χ1) is 18.0. The van der Waals surface area contributed by atoms with Crippen molar-refractivity contribution >= 4 is 80.2 Å². The predicted octanol–water partition coefficient (Wildman–Crippen LogP) is 3.70. The van der Waals surface area contributed by atoms with E-state index in [4.69, 9.17) is 0 Å². The third-order valence-electron chi connectivity index (χ3n) is 5.39. The molecule has 3 aromatic heterocycles. The minimum absolute atomic E-state index is 0. The topological polar surface area (TPSA) is 122 Å². The van der Waals surface area contributed by atoms with Gasteiger partial charge in [0.2, 0.25) is 0 Å². The number of hydrogen-bond acceptors (Lipinski definition) is 7. The fraction of sp³-hybridized carbons (Fsp3) is 0.160. The summed E-state index contributed by atoms with van der Waals surface area (Å²) in [6.45, 7) is 1.74. The standard InChI is InChI=1S/C25H21F3N6O3S.K.H/c1-14(20-22(35)21(34(2)33-20)15-6-8-16(9-7-15)25(26,27)28)31-32-24(37)19-11-10-18(38-19)23(36)30-13-17-5-3-4-12-29-17;;/h3-12,35H,13H2,1-2H3,(H,30,36)(H,32,37);;/b31-14-;;. The second-order valence-corrected chi connectivity index (χ2v) is 9.13. The van der Waals surface area contributed by atoms with Crippen molar-refractivity contribution in [2.75, 3.05) is 0 Å². The maximum absolute atomic E-state index is 12.9. The van der Waals surface area contributed by atoms with Crippen molar-refractivity contribution in [3.05, 3.63) is 87.5 Å². The molecule has 1 aromatic carbocycles. The number of amides is 2. The molecule has 0 atom stereocenters. The van der Waals surface area contributed by atoms with Crippen molar-refractivity contribution in [2.24, 2.45) is 12.1 Å². The Morgan fingerprint density at radius 1 is 1.05 bits per heavy atom. The number of carbonyl (C=O) groups excluding carboxylic acids is 2. The van der Waals surface area contributed by atoms with Crippen molar-refractivity contribution in [3.8, 4) is 17.0 Å². The van der Waals surface area contributed by atoms with Crippen LogP contribution in [0.1, 0.15) is 43.2 Å². The van der Waals surface area contributed by atoms with Crippen molar-refractivity contribution in [3.63, 3.8) is 0 Å². The third-order valence-corrected chi connectivity index (χ3v) is 6.47. The van der Waals surface area contributed by atoms with E-state index in [1.165, 1.54) is 42.9 Å². The molecule has 0 fully saturated rings. The first-order valence-corrected chi connectivity index (χ1v) is 11.9. The van der Waals surface area contributed by atoms with E-state index in [0.29, 0.717) is 16.1 Å². The van der Waals surface area contributed by atoms with Gasteiger partial charge >= 0.3 is 57.6 Å². The number of thiophene rings is 1. The molecule has 198 valence electrons. The number of aromatic nitrogens is 3. The van der Waals surface area contributed by atoms with Gasteiger partial charge in [0.25, 0.3) is 11.8 Å². The van der Waals surface area contributed by atoms with E-state index in [2.05, 4.69) is 25.9 Å². The van der Waals surface area contributed by atoms with Crippen LogP contribution in [0.2, 0.25) is 0 Å². The first-order valence-electron chi connectivity index (χ1n) is 11.1. The third kappa shape index (κ3) is 7.41. The molecule has 4 aromatic rings. The van der Waals surface area contributed by atoms with E-state index in [9.17, 15) is 27.9 Å². The summed E-state index contributed by atoms with van der Waals surface area (Å²) in [6.07, 6.45) is -2.86. The molecule has 0 unspecified atom stereocenters. The fourth-order valence-electron chi connectivity index (χ4n) is 3.48. The van der Waals surface area contributed by atoms with Gasteiger partial charge in [-0.15, -0.1) is 11.3 Å². The molecule has 9 nitrogen and oxygen atoms in total. The molecule has 0 bridgehead atoms. The van der Waals surface area contributed by atoms with Gasteiger partial charge in [-0.2, -0.15) is 23.4 Å². The number of hydrogen-bond donors (Lipinski definition) is 3. The van der Waals surface area contributed by atoms with E-state index in [1.807, 2.05) is 6.07 Å². The van der Waals surface area contributed by atoms with Crippen LogP contribution < -0.4 is 10.7 Å². The van der Waals surface area contributed by atoms with Gasteiger partial charge in [-0.25, -0.2) is 5.43 Å². The predicted molar refractivity (Wildman–Crippen MR) is 142 cm³/mol. The van der Waals surface area contributed by atoms with Gasteiger partial charge in [-0.05, 0) is 43.3 Å². The van der Waals surface area contributed by atoms with Crippen LogP contribution in [0.15, 0.2) is 65.9 Å². The van der Waals surface area contributed by atoms with Gasteiger partial charge in [0.15, 0.2) is 11.4 Å². The maximum atomic E-state index is 12.9. The molecule has 0 spiro atoms. The zero-order valence-electron chi connectivity index (χ0n) is 20.1. The molecule has 39 heavy (non-hydrogen) atoms. The normalized spacial score (nSPS) is 11.6. The zero-order valence-corrected chi connectivity index (χ0v) is 20.9. The summed E-state index contributed by atoms with van der Waals surface area (Å²) in [5.74, 6) is -1.23. The Bertz CT molecular complexity index is 1500. The van der Waals surface area contributed by atoms with Gasteiger partial charge in [0.05, 0.1) is 33.3 Å². The molecule has 0 radical (unpaired) electrons. The number of alkyl halides is 3. The molecule has 3 N–H and O–H groups in total. The van der Waals surface area contributed by atoms with Gasteiger partial charge in [-0.3, -0.25) is 19.3 Å². The average molecular weight is 583 g/mol. The van der Waals surface area contributed by atoms with Gasteiger partial charge in [0.1, 0.15) is 5.69 Å². The fourth-order valence-corrected chi connectivity index (χ4v) is 4.29. The van der Waals surface area contributed by atoms with E-state index in [0.717, 1.165) is 23.5 Å². The summed E-state index contributed by atoms with van der Waals surface area (Å²) >= 11 is 0.979. The molecular weight excluding hydrogens is 560 g/mol. The van der Waals surface area contributed by atoms with Crippen LogP contribution in [0.25, 0.3) is 11.3 Å². The number of halogens is 3. The van der Waals surface area contributed by atoms with Gasteiger partial charge in [-0.1, -0.05) is 18.2 Å². The van der Waals surface area contributed by atoms with Crippen LogP contribution >= 0.6 is 11.3 Å². The zero-order chi connectivity index (χ0) is 27.4. The van der Waals surface area contributed by atoms with Gasteiger partial charge in [0, 0.05) is 18.8 Å². The molecule has 0 saturated carbocycles. The Morgan fingerprint density at radius 2 is 1.72 bits per heavy atom. The number of nitrogens with one attached hydrogen (secondary N) is 2. The van der Waals surface area contributed by atoms with E-state index in [1.54, 1.807) is 18.3 Å². The van der Waals surface area contributed by atoms with E-state index >= 15 is 0 Å². The molecule has 0 aliphatic heterocycles. The monoisotopic (exact) mass is 582 g/mol. The van der Waals surface area contributed by atoms with Crippen molar-refractivity contribution in [2.45, 2.75) is 19.6 Å². The van der Waals surface area contributed by atoms with Crippen LogP contribution in [0.5, 0.6) is 5.75 Å². The van der Waals surface area contributed by atoms with Crippen molar-refractivity contribution < 1.29 is 27.9 Å². The second kappa shape index (κ2) is 13.0. The Morgan fingerprint density at radius 3 is 2.33 bits per heavy atom. The van der Waals surface area contributed by atoms with E-state index < -0.39 is 17.6 Å². The first kappa shape index (κ1) is 30.7. The summed E-state index contributed by atoms with van der Waals surface area (Å²) in [7, 11) is 1.52. The number of carbonyl (C=O) groups is 2. The number of rotatable bonds is 7. The average Bonchev–Trinajstić information content (AvgIpc) is 3.50. The van der Waals surface area contributed by atoms with Crippen LogP contribution in [0, 0.1) is 0 Å². The van der Waals surface area contributed by atoms with Crippen LogP contribution in [-0.2, 0) is 19.8 Å². The Balaban J connectivity index is 0.00000420. The number of aromatic hydroxyl groups is 1. The molecule has 2 amide bonds. The Labute approximate surface area is 267 Å². The molecule has 0 aliphatic carbocycles. The summed E-state index contributed by atoms with van der Waals surface area (Å²) in [4.78, 5) is 29.6. The Kier molecular flexibility index (Phi) is 10.2. The summed E-state index contributed by atoms with van der Waals surface area (Å²) < 4.78 is 39.9. The molecule has 3 heterocycles. The molecule has 0 aliphatic rings. The Hall–Kier alpha value is -2.88. The van der Waals surface area contributed by atoms with Crippen molar-refractivity contribution in [1.82, 2.24) is 25.5 Å². The molecule has 0 saturated heterocycles. The summed E-state index contributed by atoms with van der Waals surface area (Å²) in [6, 6.07) is 12.7. The number of nitrogens with zero attached hydrogens (tertiary/aromatic N) is 4. The molecular formula is C25H22F3KN6O3S. The van der Waals surface area contributed by atoms with Crippen LogP contribution in [0.4, 0.5) is 13.2 Å².